The average Bonchev–Trinajstić information content (AvgIpc) is 2.55. The van der Waals surface area contributed by atoms with Gasteiger partial charge in [0.25, 0.3) is 5.91 Å². The van der Waals surface area contributed by atoms with E-state index < -0.39 is 30.1 Å². The van der Waals surface area contributed by atoms with E-state index in [-0.39, 0.29) is 17.2 Å². The van der Waals surface area contributed by atoms with Gasteiger partial charge in [0.15, 0.2) is 6.61 Å². The first kappa shape index (κ1) is 18.1. The van der Waals surface area contributed by atoms with Gasteiger partial charge in [0.2, 0.25) is 5.91 Å². The van der Waals surface area contributed by atoms with E-state index in [1.807, 2.05) is 0 Å². The highest BCUT2D eigenvalue weighted by Gasteiger charge is 2.13. The predicted molar refractivity (Wildman–Crippen MR) is 86.0 cm³/mol. The summed E-state index contributed by atoms with van der Waals surface area (Å²) in [5.74, 6) is -3.59. The van der Waals surface area contributed by atoms with Gasteiger partial charge in [-0.1, -0.05) is 6.07 Å². The number of amides is 2. The summed E-state index contributed by atoms with van der Waals surface area (Å²) >= 11 is 0. The van der Waals surface area contributed by atoms with E-state index in [2.05, 4.69) is 10.6 Å². The fraction of sp³-hybridized carbons (Fsp3) is 0.118. The van der Waals surface area contributed by atoms with Gasteiger partial charge in [0.05, 0.1) is 11.3 Å². The van der Waals surface area contributed by atoms with Crippen LogP contribution in [0.15, 0.2) is 42.5 Å². The van der Waals surface area contributed by atoms with Crippen molar-refractivity contribution >= 4 is 29.2 Å². The number of hydrogen-bond donors (Lipinski definition) is 2. The van der Waals surface area contributed by atoms with Crippen LogP contribution in [0.5, 0.6) is 0 Å². The Hall–Kier alpha value is -3.29. The predicted octanol–water partition coefficient (Wildman–Crippen LogP) is 2.72. The lowest BCUT2D eigenvalue weighted by molar-refractivity contribution is -0.119. The third kappa shape index (κ3) is 5.38. The standard InChI is InChI=1S/C17H14F2N2O4/c1-10(22)20-13-4-2-3-11(7-13)17(24)25-9-16(23)21-15-6-5-12(18)8-14(15)19/h2-8H,9H2,1H3,(H,20,22)(H,21,23). The van der Waals surface area contributed by atoms with Crippen LogP contribution < -0.4 is 10.6 Å². The lowest BCUT2D eigenvalue weighted by Gasteiger charge is -2.08. The van der Waals surface area contributed by atoms with E-state index >= 15 is 0 Å². The van der Waals surface area contributed by atoms with Crippen LogP contribution in [0, 0.1) is 11.6 Å². The second-order valence-electron chi connectivity index (χ2n) is 5.01. The molecule has 130 valence electrons. The van der Waals surface area contributed by atoms with Gasteiger partial charge in [0, 0.05) is 18.7 Å². The highest BCUT2D eigenvalue weighted by molar-refractivity contribution is 5.96. The van der Waals surface area contributed by atoms with E-state index in [0.29, 0.717) is 11.8 Å². The van der Waals surface area contributed by atoms with Crippen molar-refractivity contribution in [1.82, 2.24) is 0 Å². The second-order valence-corrected chi connectivity index (χ2v) is 5.01. The van der Waals surface area contributed by atoms with Crippen LogP contribution in [0.3, 0.4) is 0 Å². The third-order valence-electron chi connectivity index (χ3n) is 2.96. The molecule has 8 heteroatoms. The molecule has 6 nitrogen and oxygen atoms in total. The molecule has 0 saturated heterocycles. The normalized spacial score (nSPS) is 10.0. The Morgan fingerprint density at radius 3 is 2.48 bits per heavy atom. The monoisotopic (exact) mass is 348 g/mol. The SMILES string of the molecule is CC(=O)Nc1cccc(C(=O)OCC(=O)Nc2ccc(F)cc2F)c1. The smallest absolute Gasteiger partial charge is 0.338 e. The Morgan fingerprint density at radius 2 is 1.80 bits per heavy atom. The van der Waals surface area contributed by atoms with Gasteiger partial charge in [-0.3, -0.25) is 9.59 Å². The third-order valence-corrected chi connectivity index (χ3v) is 2.96. The molecule has 0 unspecified atom stereocenters. The Balaban J connectivity index is 1.93. The number of carbonyl (C=O) groups excluding carboxylic acids is 3. The molecule has 2 N–H and O–H groups in total. The Kier molecular flexibility index (Phi) is 5.78. The van der Waals surface area contributed by atoms with Crippen LogP contribution in [-0.4, -0.2) is 24.4 Å². The van der Waals surface area contributed by atoms with Crippen molar-refractivity contribution in [1.29, 1.82) is 0 Å². The summed E-state index contributed by atoms with van der Waals surface area (Å²) in [6.45, 7) is 0.671. The molecular weight excluding hydrogens is 334 g/mol. The zero-order valence-corrected chi connectivity index (χ0v) is 13.1. The highest BCUT2D eigenvalue weighted by atomic mass is 19.1. The van der Waals surface area contributed by atoms with Gasteiger partial charge >= 0.3 is 5.97 Å². The first-order valence-corrected chi connectivity index (χ1v) is 7.15. The fourth-order valence-corrected chi connectivity index (χ4v) is 1.92. The molecule has 0 bridgehead atoms. The van der Waals surface area contributed by atoms with Crippen molar-refractivity contribution in [2.24, 2.45) is 0 Å². The van der Waals surface area contributed by atoms with Crippen molar-refractivity contribution in [3.63, 3.8) is 0 Å². The summed E-state index contributed by atoms with van der Waals surface area (Å²) in [6, 6.07) is 8.62. The van der Waals surface area contributed by atoms with Crippen molar-refractivity contribution in [2.45, 2.75) is 6.92 Å². The number of benzene rings is 2. The summed E-state index contributed by atoms with van der Waals surface area (Å²) in [6.07, 6.45) is 0. The molecule has 0 spiro atoms. The van der Waals surface area contributed by atoms with Gasteiger partial charge in [-0.15, -0.1) is 0 Å². The lowest BCUT2D eigenvalue weighted by atomic mass is 10.2. The maximum atomic E-state index is 13.4. The van der Waals surface area contributed by atoms with Crippen molar-refractivity contribution in [3.8, 4) is 0 Å². The molecular formula is C17H14F2N2O4. The maximum Gasteiger partial charge on any atom is 0.338 e. The zero-order chi connectivity index (χ0) is 18.4. The Bertz CT molecular complexity index is 824. The molecule has 0 fully saturated rings. The summed E-state index contributed by atoms with van der Waals surface area (Å²) in [5.41, 5.74) is 0.307. The molecule has 2 amide bonds. The number of ether oxygens (including phenoxy) is 1. The minimum absolute atomic E-state index is 0.131. The van der Waals surface area contributed by atoms with Gasteiger partial charge in [-0.2, -0.15) is 0 Å². The molecule has 2 rings (SSSR count). The maximum absolute atomic E-state index is 13.4. The largest absolute Gasteiger partial charge is 0.452 e. The fourth-order valence-electron chi connectivity index (χ4n) is 1.92. The number of anilines is 2. The summed E-state index contributed by atoms with van der Waals surface area (Å²) in [7, 11) is 0. The van der Waals surface area contributed by atoms with Crippen molar-refractivity contribution in [2.75, 3.05) is 17.2 Å². The number of rotatable bonds is 5. The molecule has 25 heavy (non-hydrogen) atoms. The van der Waals surface area contributed by atoms with Crippen LogP contribution in [-0.2, 0) is 14.3 Å². The number of halogens is 2. The molecule has 2 aromatic carbocycles. The minimum atomic E-state index is -0.942. The van der Waals surface area contributed by atoms with Gasteiger partial charge in [0.1, 0.15) is 11.6 Å². The average molecular weight is 348 g/mol. The van der Waals surface area contributed by atoms with Gasteiger partial charge in [-0.05, 0) is 30.3 Å². The molecule has 0 aliphatic heterocycles. The second kappa shape index (κ2) is 8.00. The summed E-state index contributed by atoms with van der Waals surface area (Å²) in [4.78, 5) is 34.6. The molecule has 0 aromatic heterocycles. The summed E-state index contributed by atoms with van der Waals surface area (Å²) < 4.78 is 31.0. The lowest BCUT2D eigenvalue weighted by Crippen LogP contribution is -2.21. The van der Waals surface area contributed by atoms with Crippen LogP contribution in [0.25, 0.3) is 0 Å². The molecule has 0 saturated carbocycles. The molecule has 0 aliphatic carbocycles. The van der Waals surface area contributed by atoms with Gasteiger partial charge in [-0.25, -0.2) is 13.6 Å². The van der Waals surface area contributed by atoms with Crippen molar-refractivity contribution in [3.05, 3.63) is 59.7 Å². The van der Waals surface area contributed by atoms with Crippen LogP contribution in [0.1, 0.15) is 17.3 Å². The molecule has 2 aromatic rings. The molecule has 0 atom stereocenters. The van der Waals surface area contributed by atoms with Crippen molar-refractivity contribution < 1.29 is 27.9 Å². The zero-order valence-electron chi connectivity index (χ0n) is 13.1. The van der Waals surface area contributed by atoms with E-state index in [1.54, 1.807) is 6.07 Å². The minimum Gasteiger partial charge on any atom is -0.452 e. The van der Waals surface area contributed by atoms with E-state index in [4.69, 9.17) is 4.74 Å². The summed E-state index contributed by atoms with van der Waals surface area (Å²) in [5, 5.41) is 4.68. The Labute approximate surface area is 141 Å². The number of hydrogen-bond acceptors (Lipinski definition) is 4. The van der Waals surface area contributed by atoms with Crippen LogP contribution in [0.2, 0.25) is 0 Å². The van der Waals surface area contributed by atoms with Gasteiger partial charge < -0.3 is 15.4 Å². The van der Waals surface area contributed by atoms with Crippen LogP contribution in [0.4, 0.5) is 20.2 Å². The molecule has 0 radical (unpaired) electrons. The quantitative estimate of drug-likeness (QED) is 0.814. The first-order chi connectivity index (χ1) is 11.8. The molecule has 0 aliphatic rings. The number of esters is 1. The van der Waals surface area contributed by atoms with E-state index in [0.717, 1.165) is 12.1 Å². The highest BCUT2D eigenvalue weighted by Crippen LogP contribution is 2.15. The topological polar surface area (TPSA) is 84.5 Å². The first-order valence-electron chi connectivity index (χ1n) is 7.15. The van der Waals surface area contributed by atoms with E-state index in [9.17, 15) is 23.2 Å². The Morgan fingerprint density at radius 1 is 1.04 bits per heavy atom. The molecule has 0 heterocycles. The van der Waals surface area contributed by atoms with Crippen LogP contribution >= 0.6 is 0 Å². The number of carbonyl (C=O) groups is 3. The number of nitrogens with one attached hydrogen (secondary N) is 2. The van der Waals surface area contributed by atoms with E-state index in [1.165, 1.54) is 25.1 Å².